The first-order chi connectivity index (χ1) is 13.0. The molecule has 0 bridgehead atoms. The molecule has 144 valence electrons. The fourth-order valence-electron chi connectivity index (χ4n) is 3.08. The second-order valence-corrected chi connectivity index (χ2v) is 6.08. The Morgan fingerprint density at radius 2 is 1.70 bits per heavy atom. The monoisotopic (exact) mass is 371 g/mol. The normalized spacial score (nSPS) is 18.4. The zero-order valence-corrected chi connectivity index (χ0v) is 15.8. The molecule has 2 aromatic carbocycles. The fraction of sp³-hybridized carbons (Fsp3) is 0.333. The second kappa shape index (κ2) is 9.19. The molecule has 0 saturated carbocycles. The number of hydrogen-bond acceptors (Lipinski definition) is 4. The molecule has 1 unspecified atom stereocenters. The van der Waals surface area contributed by atoms with E-state index in [0.29, 0.717) is 5.56 Å². The number of aryl methyl sites for hydroxylation is 1. The van der Waals surface area contributed by atoms with Crippen molar-refractivity contribution in [2.45, 2.75) is 39.5 Å². The van der Waals surface area contributed by atoms with Crippen LogP contribution in [0.4, 0.5) is 4.79 Å². The molecule has 6 heteroatoms. The van der Waals surface area contributed by atoms with Gasteiger partial charge in [-0.2, -0.15) is 0 Å². The maximum absolute atomic E-state index is 12.6. The van der Waals surface area contributed by atoms with E-state index in [-0.39, 0.29) is 18.9 Å². The van der Waals surface area contributed by atoms with Gasteiger partial charge < -0.3 is 19.8 Å². The van der Waals surface area contributed by atoms with Gasteiger partial charge in [-0.15, -0.1) is 0 Å². The van der Waals surface area contributed by atoms with Crippen LogP contribution in [-0.2, 0) is 4.74 Å². The van der Waals surface area contributed by atoms with Crippen molar-refractivity contribution >= 4 is 12.1 Å². The van der Waals surface area contributed by atoms with Crippen LogP contribution in [0.3, 0.4) is 0 Å². The first-order valence-electron chi connectivity index (χ1n) is 9.00. The Labute approximate surface area is 159 Å². The van der Waals surface area contributed by atoms with E-state index in [2.05, 4.69) is 0 Å². The number of carbonyl (C=O) groups excluding carboxylic acids is 1. The molecule has 0 radical (unpaired) electrons. The summed E-state index contributed by atoms with van der Waals surface area (Å²) in [5.41, 5.74) is 3.64. The summed E-state index contributed by atoms with van der Waals surface area (Å²) in [5, 5.41) is 18.5. The number of amides is 1. The van der Waals surface area contributed by atoms with E-state index in [9.17, 15) is 14.7 Å². The van der Waals surface area contributed by atoms with Crippen LogP contribution in [0.2, 0.25) is 0 Å². The van der Waals surface area contributed by atoms with Crippen LogP contribution < -0.4 is 0 Å². The Morgan fingerprint density at radius 3 is 2.30 bits per heavy atom. The Bertz CT molecular complexity index is 787. The van der Waals surface area contributed by atoms with E-state index < -0.39 is 18.5 Å². The van der Waals surface area contributed by atoms with Gasteiger partial charge in [-0.05, 0) is 35.7 Å². The lowest BCUT2D eigenvalue weighted by atomic mass is 9.99. The largest absolute Gasteiger partial charge is 0.507 e. The third kappa shape index (κ3) is 4.86. The van der Waals surface area contributed by atoms with Gasteiger partial charge in [0.05, 0.1) is 12.6 Å². The summed E-state index contributed by atoms with van der Waals surface area (Å²) in [5.74, 6) is -0.362. The lowest BCUT2D eigenvalue weighted by molar-refractivity contribution is -0.00750. The van der Waals surface area contributed by atoms with Crippen LogP contribution in [0.1, 0.15) is 36.2 Å². The summed E-state index contributed by atoms with van der Waals surface area (Å²) >= 11 is 0. The minimum atomic E-state index is -1.47. The molecule has 1 saturated heterocycles. The first-order valence-corrected chi connectivity index (χ1v) is 9.00. The van der Waals surface area contributed by atoms with Gasteiger partial charge in [-0.25, -0.2) is 4.79 Å². The summed E-state index contributed by atoms with van der Waals surface area (Å²) in [6.45, 7) is 6.07. The van der Waals surface area contributed by atoms with Gasteiger partial charge in [-0.1, -0.05) is 50.2 Å². The molecule has 27 heavy (non-hydrogen) atoms. The topological polar surface area (TPSA) is 87.1 Å². The van der Waals surface area contributed by atoms with E-state index in [1.54, 1.807) is 12.1 Å². The molecule has 2 atom stereocenters. The fourth-order valence-corrected chi connectivity index (χ4v) is 3.08. The van der Waals surface area contributed by atoms with Gasteiger partial charge in [0.15, 0.2) is 6.23 Å². The van der Waals surface area contributed by atoms with E-state index in [1.165, 1.54) is 4.90 Å². The number of hydrogen-bond donors (Lipinski definition) is 2. The molecule has 1 heterocycles. The van der Waals surface area contributed by atoms with Crippen molar-refractivity contribution in [2.75, 3.05) is 6.54 Å². The molecule has 0 aliphatic carbocycles. The van der Waals surface area contributed by atoms with Gasteiger partial charge in [0.25, 0.3) is 5.91 Å². The lowest BCUT2D eigenvalue weighted by Gasteiger charge is -2.23. The zero-order chi connectivity index (χ0) is 20.0. The molecular formula is C21H25NO5. The highest BCUT2D eigenvalue weighted by molar-refractivity contribution is 5.95. The number of ether oxygens (including phenoxy) is 1. The van der Waals surface area contributed by atoms with E-state index >= 15 is 0 Å². The molecular weight excluding hydrogens is 346 g/mol. The minimum absolute atomic E-state index is 0.0519. The Balaban J connectivity index is 0.00000126. The highest BCUT2D eigenvalue weighted by atomic mass is 16.7. The molecule has 0 spiro atoms. The third-order valence-corrected chi connectivity index (χ3v) is 4.31. The Kier molecular flexibility index (Phi) is 6.96. The molecule has 6 nitrogen and oxygen atoms in total. The number of likely N-dealkylation sites (tertiary alicyclic amines) is 1. The van der Waals surface area contributed by atoms with E-state index in [0.717, 1.165) is 16.7 Å². The maximum atomic E-state index is 12.6. The van der Waals surface area contributed by atoms with Crippen molar-refractivity contribution in [2.24, 2.45) is 0 Å². The minimum Gasteiger partial charge on any atom is -0.450 e. The molecule has 1 amide bonds. The van der Waals surface area contributed by atoms with Gasteiger partial charge >= 0.3 is 6.16 Å². The van der Waals surface area contributed by atoms with Crippen LogP contribution in [0.5, 0.6) is 0 Å². The Hall–Kier alpha value is -2.86. The van der Waals surface area contributed by atoms with Crippen molar-refractivity contribution in [1.82, 2.24) is 4.90 Å². The highest BCUT2D eigenvalue weighted by Crippen LogP contribution is 2.25. The van der Waals surface area contributed by atoms with E-state index in [1.807, 2.05) is 57.2 Å². The molecule has 1 fully saturated rings. The summed E-state index contributed by atoms with van der Waals surface area (Å²) in [6, 6.07) is 15.1. The van der Waals surface area contributed by atoms with Gasteiger partial charge in [-0.3, -0.25) is 4.79 Å². The number of carbonyl (C=O) groups is 2. The van der Waals surface area contributed by atoms with Crippen molar-refractivity contribution in [3.8, 4) is 11.1 Å². The number of β-amino-alcohol motifs (C(OH)–C–C–N with tert-alkyl or cyclic N) is 1. The molecule has 2 N–H and O–H groups in total. The number of rotatable bonds is 3. The quantitative estimate of drug-likeness (QED) is 0.799. The highest BCUT2D eigenvalue weighted by Gasteiger charge is 2.37. The second-order valence-electron chi connectivity index (χ2n) is 6.08. The predicted octanol–water partition coefficient (Wildman–Crippen LogP) is 3.92. The van der Waals surface area contributed by atoms with Crippen LogP contribution in [-0.4, -0.2) is 46.1 Å². The number of aliphatic hydroxyl groups excluding tert-OH is 1. The number of benzene rings is 2. The summed E-state index contributed by atoms with van der Waals surface area (Å²) < 4.78 is 4.71. The summed E-state index contributed by atoms with van der Waals surface area (Å²) in [4.78, 5) is 24.7. The average Bonchev–Trinajstić information content (AvgIpc) is 3.03. The number of aliphatic hydroxyl groups is 1. The number of carboxylic acid groups (broad SMARTS) is 1. The first kappa shape index (κ1) is 20.5. The van der Waals surface area contributed by atoms with Gasteiger partial charge in [0, 0.05) is 12.0 Å². The van der Waals surface area contributed by atoms with Crippen molar-refractivity contribution < 1.29 is 24.5 Å². The summed E-state index contributed by atoms with van der Waals surface area (Å²) in [7, 11) is 0. The van der Waals surface area contributed by atoms with Crippen molar-refractivity contribution in [3.05, 3.63) is 59.7 Å². The molecule has 3 rings (SSSR count). The molecule has 1 aliphatic heterocycles. The van der Waals surface area contributed by atoms with Crippen LogP contribution in [0.15, 0.2) is 48.5 Å². The third-order valence-electron chi connectivity index (χ3n) is 4.31. The Morgan fingerprint density at radius 1 is 1.07 bits per heavy atom. The van der Waals surface area contributed by atoms with Crippen molar-refractivity contribution in [1.29, 1.82) is 0 Å². The van der Waals surface area contributed by atoms with E-state index in [4.69, 9.17) is 9.84 Å². The smallest absolute Gasteiger partial charge is 0.450 e. The maximum Gasteiger partial charge on any atom is 0.507 e. The average molecular weight is 371 g/mol. The summed E-state index contributed by atoms with van der Waals surface area (Å²) in [6.07, 6.45) is -3.14. The molecule has 0 aromatic heterocycles. The van der Waals surface area contributed by atoms with Crippen LogP contribution in [0.25, 0.3) is 11.1 Å². The SMILES string of the molecule is CC.Cc1ccccc1-c1ccc(C(=O)N2CC(O)C[C@H]2OC(=O)O)cc1. The lowest BCUT2D eigenvalue weighted by Crippen LogP contribution is -2.38. The molecule has 1 aliphatic rings. The molecule has 2 aromatic rings. The van der Waals surface area contributed by atoms with Crippen LogP contribution >= 0.6 is 0 Å². The van der Waals surface area contributed by atoms with Crippen molar-refractivity contribution in [3.63, 3.8) is 0 Å². The number of nitrogens with zero attached hydrogens (tertiary/aromatic N) is 1. The zero-order valence-electron chi connectivity index (χ0n) is 15.8. The van der Waals surface area contributed by atoms with Gasteiger partial charge in [0.2, 0.25) is 0 Å². The van der Waals surface area contributed by atoms with Gasteiger partial charge in [0.1, 0.15) is 0 Å². The predicted molar refractivity (Wildman–Crippen MR) is 103 cm³/mol. The van der Waals surface area contributed by atoms with Crippen LogP contribution in [0, 0.1) is 6.92 Å². The standard InChI is InChI=1S/C19H19NO5.C2H6/c1-12-4-2-3-5-16(12)13-6-8-14(9-7-13)18(22)20-11-15(21)10-17(20)25-19(23)24;1-2/h2-9,15,17,21H,10-11H2,1H3,(H,23,24);1-2H3/t15?,17-;/m1./s1.